The van der Waals surface area contributed by atoms with Gasteiger partial charge in [-0.3, -0.25) is 4.79 Å². The number of ether oxygens (including phenoxy) is 1. The zero-order chi connectivity index (χ0) is 17.8. The number of methoxy groups -OCH3 is 1. The third-order valence-corrected chi connectivity index (χ3v) is 5.12. The Kier molecular flexibility index (Phi) is 5.14. The Labute approximate surface area is 151 Å². The number of thiazole rings is 1. The molecular weight excluding hydrogens is 332 g/mol. The van der Waals surface area contributed by atoms with E-state index in [0.29, 0.717) is 11.4 Å². The molecule has 1 N–H and O–H groups in total. The number of hydrogen-bond acceptors (Lipinski definition) is 4. The summed E-state index contributed by atoms with van der Waals surface area (Å²) in [5, 5.41) is 3.83. The first-order chi connectivity index (χ1) is 12.1. The molecule has 4 nitrogen and oxygen atoms in total. The number of amides is 1. The van der Waals surface area contributed by atoms with Gasteiger partial charge in [0.2, 0.25) is 0 Å². The minimum absolute atomic E-state index is 0.0934. The fraction of sp³-hybridized carbons (Fsp3) is 0.200. The summed E-state index contributed by atoms with van der Waals surface area (Å²) in [7, 11) is 1.63. The first-order valence-corrected chi connectivity index (χ1v) is 8.84. The molecule has 0 bridgehead atoms. The van der Waals surface area contributed by atoms with Gasteiger partial charge in [-0.1, -0.05) is 42.0 Å². The van der Waals surface area contributed by atoms with Gasteiger partial charge in [-0.2, -0.15) is 0 Å². The lowest BCUT2D eigenvalue weighted by molar-refractivity contribution is 0.0954. The number of carbonyl (C=O) groups is 1. The Morgan fingerprint density at radius 2 is 1.76 bits per heavy atom. The van der Waals surface area contributed by atoms with Gasteiger partial charge in [-0.25, -0.2) is 4.98 Å². The van der Waals surface area contributed by atoms with Crippen molar-refractivity contribution in [1.29, 1.82) is 0 Å². The van der Waals surface area contributed by atoms with E-state index in [1.165, 1.54) is 16.9 Å². The van der Waals surface area contributed by atoms with Gasteiger partial charge < -0.3 is 10.1 Å². The lowest BCUT2D eigenvalue weighted by Crippen LogP contribution is -2.22. The summed E-state index contributed by atoms with van der Waals surface area (Å²) in [4.78, 5) is 17.7. The first-order valence-electron chi connectivity index (χ1n) is 8.02. The van der Waals surface area contributed by atoms with E-state index in [1.54, 1.807) is 7.11 Å². The third-order valence-electron chi connectivity index (χ3n) is 3.91. The molecule has 1 aromatic heterocycles. The van der Waals surface area contributed by atoms with Crippen molar-refractivity contribution in [2.45, 2.75) is 20.4 Å². The van der Waals surface area contributed by atoms with E-state index in [-0.39, 0.29) is 5.91 Å². The molecule has 0 aliphatic rings. The van der Waals surface area contributed by atoms with E-state index in [2.05, 4.69) is 29.4 Å². The number of aromatic nitrogens is 1. The van der Waals surface area contributed by atoms with Crippen LogP contribution in [0.4, 0.5) is 0 Å². The fourth-order valence-electron chi connectivity index (χ4n) is 2.43. The lowest BCUT2D eigenvalue weighted by Gasteiger charge is -2.05. The molecule has 2 aromatic carbocycles. The molecule has 0 atom stereocenters. The second kappa shape index (κ2) is 7.49. The highest BCUT2D eigenvalue weighted by Gasteiger charge is 2.16. The van der Waals surface area contributed by atoms with Crippen LogP contribution in [0.25, 0.3) is 10.6 Å². The van der Waals surface area contributed by atoms with Crippen LogP contribution in [0.3, 0.4) is 0 Å². The number of aryl methyl sites for hydroxylation is 2. The molecule has 1 heterocycles. The molecule has 0 fully saturated rings. The molecule has 1 amide bonds. The van der Waals surface area contributed by atoms with Gasteiger partial charge in [0.25, 0.3) is 5.91 Å². The molecule has 3 rings (SSSR count). The van der Waals surface area contributed by atoms with Crippen molar-refractivity contribution < 1.29 is 9.53 Å². The first kappa shape index (κ1) is 17.2. The molecule has 0 unspecified atom stereocenters. The largest absolute Gasteiger partial charge is 0.497 e. The van der Waals surface area contributed by atoms with Crippen LogP contribution < -0.4 is 10.1 Å². The maximum absolute atomic E-state index is 12.5. The van der Waals surface area contributed by atoms with Crippen LogP contribution in [0.2, 0.25) is 0 Å². The van der Waals surface area contributed by atoms with Gasteiger partial charge in [-0.15, -0.1) is 11.3 Å². The van der Waals surface area contributed by atoms with Crippen molar-refractivity contribution in [3.05, 3.63) is 70.2 Å². The number of carbonyl (C=O) groups excluding carboxylic acids is 1. The highest BCUT2D eigenvalue weighted by Crippen LogP contribution is 2.28. The summed E-state index contributed by atoms with van der Waals surface area (Å²) in [6, 6.07) is 15.8. The Bertz CT molecular complexity index is 868. The monoisotopic (exact) mass is 352 g/mol. The molecule has 5 heteroatoms. The topological polar surface area (TPSA) is 51.2 Å². The van der Waals surface area contributed by atoms with Crippen molar-refractivity contribution in [1.82, 2.24) is 10.3 Å². The van der Waals surface area contributed by atoms with Crippen LogP contribution in [0, 0.1) is 13.8 Å². The maximum Gasteiger partial charge on any atom is 0.263 e. The fourth-order valence-corrected chi connectivity index (χ4v) is 3.42. The minimum atomic E-state index is -0.0934. The zero-order valence-electron chi connectivity index (χ0n) is 14.5. The molecule has 0 aliphatic heterocycles. The van der Waals surface area contributed by atoms with Gasteiger partial charge in [0, 0.05) is 12.1 Å². The van der Waals surface area contributed by atoms with Gasteiger partial charge in [0.1, 0.15) is 15.6 Å². The average molecular weight is 352 g/mol. The second-order valence-corrected chi connectivity index (χ2v) is 6.83. The van der Waals surface area contributed by atoms with Crippen molar-refractivity contribution >= 4 is 17.2 Å². The number of hydrogen-bond donors (Lipinski definition) is 1. The van der Waals surface area contributed by atoms with Gasteiger partial charge in [0.05, 0.1) is 12.8 Å². The molecular formula is C20H20N2O2S. The van der Waals surface area contributed by atoms with Crippen LogP contribution in [-0.2, 0) is 6.54 Å². The van der Waals surface area contributed by atoms with E-state index in [4.69, 9.17) is 4.74 Å². The zero-order valence-corrected chi connectivity index (χ0v) is 15.3. The Morgan fingerprint density at radius 3 is 2.40 bits per heavy atom. The summed E-state index contributed by atoms with van der Waals surface area (Å²) < 4.78 is 5.14. The summed E-state index contributed by atoms with van der Waals surface area (Å²) in [6.45, 7) is 4.39. The van der Waals surface area contributed by atoms with Crippen molar-refractivity contribution in [3.8, 4) is 16.3 Å². The van der Waals surface area contributed by atoms with E-state index >= 15 is 0 Å². The highest BCUT2D eigenvalue weighted by atomic mass is 32.1. The van der Waals surface area contributed by atoms with Gasteiger partial charge in [0.15, 0.2) is 0 Å². The van der Waals surface area contributed by atoms with E-state index in [0.717, 1.165) is 27.6 Å². The predicted octanol–water partition coefficient (Wildman–Crippen LogP) is 4.37. The van der Waals surface area contributed by atoms with E-state index in [1.807, 2.05) is 43.3 Å². The van der Waals surface area contributed by atoms with Crippen molar-refractivity contribution in [3.63, 3.8) is 0 Å². The molecule has 0 radical (unpaired) electrons. The smallest absolute Gasteiger partial charge is 0.263 e. The number of nitrogens with one attached hydrogen (secondary N) is 1. The standard InChI is InChI=1S/C20H20N2O2S/c1-13-4-8-16(9-5-13)20-22-14(2)18(25-20)19(23)21-12-15-6-10-17(24-3)11-7-15/h4-11H,12H2,1-3H3,(H,21,23). The van der Waals surface area contributed by atoms with Crippen LogP contribution >= 0.6 is 11.3 Å². The van der Waals surface area contributed by atoms with Crippen LogP contribution in [0.1, 0.15) is 26.5 Å². The van der Waals surface area contributed by atoms with Crippen molar-refractivity contribution in [2.75, 3.05) is 7.11 Å². The predicted molar refractivity (Wildman–Crippen MR) is 101 cm³/mol. The summed E-state index contributed by atoms with van der Waals surface area (Å²) in [5.41, 5.74) is 4.02. The van der Waals surface area contributed by atoms with Crippen LogP contribution in [0.15, 0.2) is 48.5 Å². The Balaban J connectivity index is 1.70. The van der Waals surface area contributed by atoms with Gasteiger partial charge >= 0.3 is 0 Å². The summed E-state index contributed by atoms with van der Waals surface area (Å²) in [5.74, 6) is 0.709. The number of benzene rings is 2. The lowest BCUT2D eigenvalue weighted by atomic mass is 10.2. The maximum atomic E-state index is 12.5. The van der Waals surface area contributed by atoms with Crippen molar-refractivity contribution in [2.24, 2.45) is 0 Å². The van der Waals surface area contributed by atoms with E-state index in [9.17, 15) is 4.79 Å². The van der Waals surface area contributed by atoms with Crippen LogP contribution in [-0.4, -0.2) is 18.0 Å². The SMILES string of the molecule is COc1ccc(CNC(=O)c2sc(-c3ccc(C)cc3)nc2C)cc1. The molecule has 0 saturated carbocycles. The van der Waals surface area contributed by atoms with E-state index < -0.39 is 0 Å². The minimum Gasteiger partial charge on any atom is -0.497 e. The molecule has 128 valence electrons. The highest BCUT2D eigenvalue weighted by molar-refractivity contribution is 7.17. The second-order valence-electron chi connectivity index (χ2n) is 5.83. The normalized spacial score (nSPS) is 10.5. The number of nitrogens with zero attached hydrogens (tertiary/aromatic N) is 1. The Hall–Kier alpha value is -2.66. The van der Waals surface area contributed by atoms with Gasteiger partial charge in [-0.05, 0) is 31.5 Å². The number of rotatable bonds is 5. The summed E-state index contributed by atoms with van der Waals surface area (Å²) >= 11 is 1.42. The van der Waals surface area contributed by atoms with Crippen LogP contribution in [0.5, 0.6) is 5.75 Å². The third kappa shape index (κ3) is 4.06. The molecule has 25 heavy (non-hydrogen) atoms. The quantitative estimate of drug-likeness (QED) is 0.742. The molecule has 0 saturated heterocycles. The molecule has 0 spiro atoms. The average Bonchev–Trinajstić information content (AvgIpc) is 3.02. The summed E-state index contributed by atoms with van der Waals surface area (Å²) in [6.07, 6.45) is 0. The molecule has 3 aromatic rings. The molecule has 0 aliphatic carbocycles. The Morgan fingerprint density at radius 1 is 1.08 bits per heavy atom.